The van der Waals surface area contributed by atoms with Crippen LogP contribution >= 0.6 is 0 Å². The van der Waals surface area contributed by atoms with Crippen LogP contribution in [-0.2, 0) is 0 Å². The van der Waals surface area contributed by atoms with Gasteiger partial charge in [-0.1, -0.05) is 18.2 Å². The summed E-state index contributed by atoms with van der Waals surface area (Å²) in [5.74, 6) is 1.05. The lowest BCUT2D eigenvalue weighted by atomic mass is 10.0. The van der Waals surface area contributed by atoms with Crippen molar-refractivity contribution in [2.75, 3.05) is 50.1 Å². The normalized spacial score (nSPS) is 16.0. The molecule has 0 bridgehead atoms. The average molecular weight is 284 g/mol. The Balaban J connectivity index is 2.17. The predicted molar refractivity (Wildman–Crippen MR) is 90.5 cm³/mol. The molecular formula is C17H24N4. The number of nitrogens with one attached hydrogen (secondary N) is 1. The predicted octanol–water partition coefficient (Wildman–Crippen LogP) is 2.41. The number of aromatic nitrogens is 1. The van der Waals surface area contributed by atoms with Crippen LogP contribution in [0.5, 0.6) is 0 Å². The highest BCUT2D eigenvalue weighted by Gasteiger charge is 2.16. The van der Waals surface area contributed by atoms with Gasteiger partial charge in [-0.15, -0.1) is 0 Å². The summed E-state index contributed by atoms with van der Waals surface area (Å²) in [6.45, 7) is 6.49. The van der Waals surface area contributed by atoms with Gasteiger partial charge in [0.15, 0.2) is 0 Å². The van der Waals surface area contributed by atoms with Crippen molar-refractivity contribution in [2.45, 2.75) is 13.3 Å². The average Bonchev–Trinajstić information content (AvgIpc) is 2.75. The minimum atomic E-state index is 1.04. The molecule has 0 saturated carbocycles. The lowest BCUT2D eigenvalue weighted by molar-refractivity contribution is 0.724. The molecule has 1 aliphatic rings. The van der Waals surface area contributed by atoms with Crippen LogP contribution in [0.25, 0.3) is 10.8 Å². The van der Waals surface area contributed by atoms with Crippen LogP contribution in [0.15, 0.2) is 24.4 Å². The molecule has 2 heterocycles. The van der Waals surface area contributed by atoms with E-state index in [4.69, 9.17) is 4.98 Å². The number of nitrogens with zero attached hydrogens (tertiary/aromatic N) is 3. The second-order valence-electron chi connectivity index (χ2n) is 5.95. The minimum absolute atomic E-state index is 1.04. The van der Waals surface area contributed by atoms with Crippen molar-refractivity contribution >= 4 is 22.3 Å². The van der Waals surface area contributed by atoms with Gasteiger partial charge >= 0.3 is 0 Å². The van der Waals surface area contributed by atoms with Gasteiger partial charge in [-0.3, -0.25) is 0 Å². The summed E-state index contributed by atoms with van der Waals surface area (Å²) in [6.07, 6.45) is 3.23. The topological polar surface area (TPSA) is 31.4 Å². The first-order valence-electron chi connectivity index (χ1n) is 7.70. The summed E-state index contributed by atoms with van der Waals surface area (Å²) >= 11 is 0. The van der Waals surface area contributed by atoms with Crippen LogP contribution in [0.4, 0.5) is 11.5 Å². The lowest BCUT2D eigenvalue weighted by Gasteiger charge is -2.26. The van der Waals surface area contributed by atoms with E-state index in [0.29, 0.717) is 0 Å². The second kappa shape index (κ2) is 5.90. The van der Waals surface area contributed by atoms with Crippen LogP contribution in [0.1, 0.15) is 12.0 Å². The van der Waals surface area contributed by atoms with Crippen molar-refractivity contribution in [1.29, 1.82) is 0 Å². The molecule has 2 aromatic rings. The zero-order valence-corrected chi connectivity index (χ0v) is 13.2. The summed E-state index contributed by atoms with van der Waals surface area (Å²) in [4.78, 5) is 9.28. The van der Waals surface area contributed by atoms with Crippen molar-refractivity contribution in [2.24, 2.45) is 0 Å². The zero-order valence-electron chi connectivity index (χ0n) is 13.2. The number of benzene rings is 1. The Morgan fingerprint density at radius 3 is 2.86 bits per heavy atom. The van der Waals surface area contributed by atoms with E-state index in [9.17, 15) is 0 Å². The quantitative estimate of drug-likeness (QED) is 0.917. The molecule has 0 unspecified atom stereocenters. The molecule has 1 aromatic carbocycles. The fraction of sp³-hybridized carbons (Fsp3) is 0.471. The van der Waals surface area contributed by atoms with Gasteiger partial charge in [0.2, 0.25) is 0 Å². The smallest absolute Gasteiger partial charge is 0.136 e. The number of pyridine rings is 1. The van der Waals surface area contributed by atoms with Crippen molar-refractivity contribution in [3.05, 3.63) is 30.0 Å². The van der Waals surface area contributed by atoms with Gasteiger partial charge in [0.1, 0.15) is 5.82 Å². The molecule has 1 aliphatic heterocycles. The number of hydrogen-bond donors (Lipinski definition) is 1. The zero-order chi connectivity index (χ0) is 14.8. The number of aryl methyl sites for hydroxylation is 1. The number of anilines is 2. The summed E-state index contributed by atoms with van der Waals surface area (Å²) in [7, 11) is 4.11. The van der Waals surface area contributed by atoms with Crippen molar-refractivity contribution in [3.8, 4) is 0 Å². The molecule has 1 N–H and O–H groups in total. The molecule has 0 atom stereocenters. The second-order valence-corrected chi connectivity index (χ2v) is 5.95. The minimum Gasteiger partial charge on any atom is -0.368 e. The first-order valence-corrected chi connectivity index (χ1v) is 7.70. The summed E-state index contributed by atoms with van der Waals surface area (Å²) in [5.41, 5.74) is 2.60. The highest BCUT2D eigenvalue weighted by atomic mass is 15.2. The molecule has 0 aliphatic carbocycles. The van der Waals surface area contributed by atoms with Gasteiger partial charge in [0, 0.05) is 44.5 Å². The standard InChI is InChI=1S/C17H24N4/c1-13-6-4-7-14-16(13)15(12-19-17(14)20(2)3)21-10-5-8-18-9-11-21/h4,6-7,12,18H,5,8-11H2,1-3H3. The van der Waals surface area contributed by atoms with Crippen LogP contribution in [-0.4, -0.2) is 45.3 Å². The highest BCUT2D eigenvalue weighted by molar-refractivity contribution is 6.02. The molecule has 21 heavy (non-hydrogen) atoms. The Morgan fingerprint density at radius 1 is 1.19 bits per heavy atom. The maximum Gasteiger partial charge on any atom is 0.136 e. The first kappa shape index (κ1) is 14.1. The number of rotatable bonds is 2. The Kier molecular flexibility index (Phi) is 3.97. The van der Waals surface area contributed by atoms with E-state index in [-0.39, 0.29) is 0 Å². The maximum absolute atomic E-state index is 4.72. The monoisotopic (exact) mass is 284 g/mol. The molecule has 1 saturated heterocycles. The van der Waals surface area contributed by atoms with Gasteiger partial charge in [-0.25, -0.2) is 4.98 Å². The Bertz CT molecular complexity index is 628. The fourth-order valence-electron chi connectivity index (χ4n) is 3.13. The molecule has 1 fully saturated rings. The molecule has 4 heteroatoms. The number of fused-ring (bicyclic) bond motifs is 1. The molecule has 0 amide bonds. The summed E-state index contributed by atoms with van der Waals surface area (Å²) in [5, 5.41) is 6.06. The third kappa shape index (κ3) is 2.68. The van der Waals surface area contributed by atoms with E-state index in [0.717, 1.165) is 32.0 Å². The van der Waals surface area contributed by atoms with Gasteiger partial charge in [0.25, 0.3) is 0 Å². The third-order valence-electron chi connectivity index (χ3n) is 4.18. The van der Waals surface area contributed by atoms with Crippen LogP contribution in [0.2, 0.25) is 0 Å². The van der Waals surface area contributed by atoms with Gasteiger partial charge in [-0.05, 0) is 25.5 Å². The fourth-order valence-corrected chi connectivity index (χ4v) is 3.13. The Hall–Kier alpha value is -1.81. The van der Waals surface area contributed by atoms with Gasteiger partial charge in [0.05, 0.1) is 11.9 Å². The van der Waals surface area contributed by atoms with Gasteiger partial charge < -0.3 is 15.1 Å². The molecule has 112 valence electrons. The molecule has 0 spiro atoms. The number of hydrogen-bond acceptors (Lipinski definition) is 4. The molecule has 3 rings (SSSR count). The highest BCUT2D eigenvalue weighted by Crippen LogP contribution is 2.34. The Labute approximate surface area is 126 Å². The van der Waals surface area contributed by atoms with E-state index < -0.39 is 0 Å². The van der Waals surface area contributed by atoms with Crippen LogP contribution in [0.3, 0.4) is 0 Å². The molecule has 1 aromatic heterocycles. The summed E-state index contributed by atoms with van der Waals surface area (Å²) in [6, 6.07) is 6.51. The summed E-state index contributed by atoms with van der Waals surface area (Å²) < 4.78 is 0. The lowest BCUT2D eigenvalue weighted by Crippen LogP contribution is -2.28. The SMILES string of the molecule is Cc1cccc2c(N(C)C)ncc(N3CCCNCC3)c12. The van der Waals surface area contributed by atoms with Gasteiger partial charge in [-0.2, -0.15) is 0 Å². The third-order valence-corrected chi connectivity index (χ3v) is 4.18. The van der Waals surface area contributed by atoms with Crippen molar-refractivity contribution in [3.63, 3.8) is 0 Å². The van der Waals surface area contributed by atoms with E-state index >= 15 is 0 Å². The van der Waals surface area contributed by atoms with E-state index in [1.165, 1.54) is 28.4 Å². The molecule has 4 nitrogen and oxygen atoms in total. The molecule has 0 radical (unpaired) electrons. The maximum atomic E-state index is 4.72. The van der Waals surface area contributed by atoms with E-state index in [1.807, 2.05) is 0 Å². The molecular weight excluding hydrogens is 260 g/mol. The Morgan fingerprint density at radius 2 is 2.05 bits per heavy atom. The van der Waals surface area contributed by atoms with Crippen molar-refractivity contribution < 1.29 is 0 Å². The largest absolute Gasteiger partial charge is 0.368 e. The van der Waals surface area contributed by atoms with Crippen molar-refractivity contribution in [1.82, 2.24) is 10.3 Å². The van der Waals surface area contributed by atoms with Crippen LogP contribution < -0.4 is 15.1 Å². The van der Waals surface area contributed by atoms with E-state index in [2.05, 4.69) is 60.5 Å². The first-order chi connectivity index (χ1) is 10.2. The van der Waals surface area contributed by atoms with Crippen LogP contribution in [0, 0.1) is 6.92 Å². The van der Waals surface area contributed by atoms with E-state index in [1.54, 1.807) is 0 Å².